The molecule has 148 valence electrons. The molecule has 0 fully saturated rings. The summed E-state index contributed by atoms with van der Waals surface area (Å²) < 4.78 is 79.9. The van der Waals surface area contributed by atoms with Crippen LogP contribution in [0, 0.1) is 11.6 Å². The van der Waals surface area contributed by atoms with Gasteiger partial charge < -0.3 is 0 Å². The van der Waals surface area contributed by atoms with E-state index in [-0.39, 0.29) is 18.3 Å². The SMILES string of the molecule is CC(C)NS(=O)(=O)Cc1ccc(CNS(=O)(=O)c2c(F)cccc2F)cc1. The Hall–Kier alpha value is -1.88. The van der Waals surface area contributed by atoms with E-state index in [1.165, 1.54) is 0 Å². The van der Waals surface area contributed by atoms with Gasteiger partial charge in [-0.15, -0.1) is 0 Å². The minimum Gasteiger partial charge on any atom is -0.212 e. The molecule has 6 nitrogen and oxygen atoms in total. The van der Waals surface area contributed by atoms with Gasteiger partial charge in [-0.2, -0.15) is 0 Å². The van der Waals surface area contributed by atoms with Crippen molar-refractivity contribution in [1.82, 2.24) is 9.44 Å². The molecule has 0 aliphatic carbocycles. The normalized spacial score (nSPS) is 12.5. The molecule has 0 heterocycles. The number of hydrogen-bond acceptors (Lipinski definition) is 4. The third kappa shape index (κ3) is 6.06. The topological polar surface area (TPSA) is 92.3 Å². The van der Waals surface area contributed by atoms with Crippen LogP contribution in [0.2, 0.25) is 0 Å². The van der Waals surface area contributed by atoms with Gasteiger partial charge in [-0.25, -0.2) is 35.1 Å². The Kier molecular flexibility index (Phi) is 6.68. The first-order valence-corrected chi connectivity index (χ1v) is 11.2. The van der Waals surface area contributed by atoms with E-state index >= 15 is 0 Å². The Morgan fingerprint density at radius 2 is 1.41 bits per heavy atom. The van der Waals surface area contributed by atoms with Gasteiger partial charge in [-0.1, -0.05) is 30.3 Å². The van der Waals surface area contributed by atoms with Gasteiger partial charge in [-0.05, 0) is 37.1 Å². The molecule has 10 heteroatoms. The minimum atomic E-state index is -4.38. The van der Waals surface area contributed by atoms with E-state index < -0.39 is 36.6 Å². The van der Waals surface area contributed by atoms with Gasteiger partial charge in [0.05, 0.1) is 5.75 Å². The van der Waals surface area contributed by atoms with Crippen LogP contribution in [0.3, 0.4) is 0 Å². The summed E-state index contributed by atoms with van der Waals surface area (Å²) in [5.74, 6) is -2.57. The van der Waals surface area contributed by atoms with Crippen molar-refractivity contribution in [3.05, 3.63) is 65.2 Å². The summed E-state index contributed by atoms with van der Waals surface area (Å²) >= 11 is 0. The number of hydrogen-bond donors (Lipinski definition) is 2. The first-order chi connectivity index (χ1) is 12.5. The fourth-order valence-electron chi connectivity index (χ4n) is 2.36. The van der Waals surface area contributed by atoms with Gasteiger partial charge in [0.2, 0.25) is 20.0 Å². The Morgan fingerprint density at radius 1 is 0.889 bits per heavy atom. The molecule has 0 atom stereocenters. The van der Waals surface area contributed by atoms with E-state index in [4.69, 9.17) is 0 Å². The van der Waals surface area contributed by atoms with Crippen LogP contribution in [-0.2, 0) is 32.3 Å². The van der Waals surface area contributed by atoms with Gasteiger partial charge in [0.1, 0.15) is 11.6 Å². The van der Waals surface area contributed by atoms with E-state index in [2.05, 4.69) is 9.44 Å². The molecule has 0 aliphatic rings. The molecule has 0 unspecified atom stereocenters. The van der Waals surface area contributed by atoms with Crippen LogP contribution in [0.25, 0.3) is 0 Å². The van der Waals surface area contributed by atoms with Gasteiger partial charge in [-0.3, -0.25) is 0 Å². The monoisotopic (exact) mass is 418 g/mol. The average molecular weight is 418 g/mol. The Balaban J connectivity index is 2.07. The molecule has 0 saturated carbocycles. The second-order valence-electron chi connectivity index (χ2n) is 6.22. The molecular weight excluding hydrogens is 398 g/mol. The van der Waals surface area contributed by atoms with E-state index in [1.54, 1.807) is 38.1 Å². The number of rotatable bonds is 8. The zero-order chi connectivity index (χ0) is 20.2. The summed E-state index contributed by atoms with van der Waals surface area (Å²) in [5, 5.41) is 0. The highest BCUT2D eigenvalue weighted by molar-refractivity contribution is 7.89. The first kappa shape index (κ1) is 21.4. The third-order valence-electron chi connectivity index (χ3n) is 3.45. The van der Waals surface area contributed by atoms with E-state index in [0.29, 0.717) is 11.1 Å². The fraction of sp³-hybridized carbons (Fsp3) is 0.294. The minimum absolute atomic E-state index is 0.201. The molecule has 0 aliphatic heterocycles. The molecular formula is C17H20F2N2O4S2. The van der Waals surface area contributed by atoms with Crippen molar-refractivity contribution in [2.75, 3.05) is 0 Å². The predicted octanol–water partition coefficient (Wildman–Crippen LogP) is 2.27. The second-order valence-corrected chi connectivity index (χ2v) is 9.68. The van der Waals surface area contributed by atoms with Crippen LogP contribution in [0.4, 0.5) is 8.78 Å². The predicted molar refractivity (Wildman–Crippen MR) is 97.7 cm³/mol. The number of nitrogens with one attached hydrogen (secondary N) is 2. The largest absolute Gasteiger partial charge is 0.246 e. The molecule has 0 bridgehead atoms. The summed E-state index contributed by atoms with van der Waals surface area (Å²) in [6, 6.07) is 8.75. The van der Waals surface area contributed by atoms with Crippen LogP contribution >= 0.6 is 0 Å². The van der Waals surface area contributed by atoms with E-state index in [1.807, 2.05) is 0 Å². The molecule has 0 spiro atoms. The van der Waals surface area contributed by atoms with Crippen molar-refractivity contribution in [3.8, 4) is 0 Å². The molecule has 27 heavy (non-hydrogen) atoms. The lowest BCUT2D eigenvalue weighted by Gasteiger charge is -2.11. The molecule has 2 N–H and O–H groups in total. The quantitative estimate of drug-likeness (QED) is 0.688. The van der Waals surface area contributed by atoms with E-state index in [9.17, 15) is 25.6 Å². The van der Waals surface area contributed by atoms with Crippen LogP contribution in [-0.4, -0.2) is 22.9 Å². The molecule has 0 radical (unpaired) electrons. The highest BCUT2D eigenvalue weighted by Gasteiger charge is 2.23. The summed E-state index contributed by atoms with van der Waals surface area (Å²) in [5.41, 5.74) is 1.03. The number of halogens is 2. The van der Waals surface area contributed by atoms with Crippen LogP contribution in [0.5, 0.6) is 0 Å². The zero-order valence-electron chi connectivity index (χ0n) is 14.7. The second kappa shape index (κ2) is 8.42. The van der Waals surface area contributed by atoms with Crippen LogP contribution < -0.4 is 9.44 Å². The maximum absolute atomic E-state index is 13.7. The van der Waals surface area contributed by atoms with Crippen molar-refractivity contribution >= 4 is 20.0 Å². The Morgan fingerprint density at radius 3 is 1.93 bits per heavy atom. The summed E-state index contributed by atoms with van der Waals surface area (Å²) in [6.07, 6.45) is 0. The lowest BCUT2D eigenvalue weighted by atomic mass is 10.1. The Labute approximate surface area is 157 Å². The summed E-state index contributed by atoms with van der Waals surface area (Å²) in [4.78, 5) is -1.03. The Bertz CT molecular complexity index is 985. The zero-order valence-corrected chi connectivity index (χ0v) is 16.4. The maximum atomic E-state index is 13.7. The van der Waals surface area contributed by atoms with Crippen molar-refractivity contribution < 1.29 is 25.6 Å². The van der Waals surface area contributed by atoms with Gasteiger partial charge in [0, 0.05) is 12.6 Å². The van der Waals surface area contributed by atoms with Gasteiger partial charge in [0.15, 0.2) is 4.90 Å². The number of benzene rings is 2. The highest BCUT2D eigenvalue weighted by Crippen LogP contribution is 2.18. The lowest BCUT2D eigenvalue weighted by Crippen LogP contribution is -2.31. The smallest absolute Gasteiger partial charge is 0.212 e. The van der Waals surface area contributed by atoms with Gasteiger partial charge >= 0.3 is 0 Å². The van der Waals surface area contributed by atoms with Crippen LogP contribution in [0.1, 0.15) is 25.0 Å². The molecule has 0 amide bonds. The van der Waals surface area contributed by atoms with Gasteiger partial charge in [0.25, 0.3) is 0 Å². The van der Waals surface area contributed by atoms with Crippen LogP contribution in [0.15, 0.2) is 47.4 Å². The molecule has 0 aromatic heterocycles. The summed E-state index contributed by atoms with van der Waals surface area (Å²) in [7, 11) is -7.85. The summed E-state index contributed by atoms with van der Waals surface area (Å²) in [6.45, 7) is 3.23. The molecule has 0 saturated heterocycles. The van der Waals surface area contributed by atoms with Crippen molar-refractivity contribution in [2.45, 2.75) is 37.1 Å². The molecule has 2 aromatic rings. The number of sulfonamides is 2. The average Bonchev–Trinajstić information content (AvgIpc) is 2.52. The third-order valence-corrected chi connectivity index (χ3v) is 6.44. The first-order valence-electron chi connectivity index (χ1n) is 8.02. The molecule has 2 aromatic carbocycles. The fourth-order valence-corrected chi connectivity index (χ4v) is 4.95. The molecule has 2 rings (SSSR count). The standard InChI is InChI=1S/C17H20F2N2O4S2/c1-12(2)21-26(22,23)11-14-8-6-13(7-9-14)10-20-27(24,25)17-15(18)4-3-5-16(17)19/h3-9,12,20-21H,10-11H2,1-2H3. The van der Waals surface area contributed by atoms with Crippen molar-refractivity contribution in [3.63, 3.8) is 0 Å². The lowest BCUT2D eigenvalue weighted by molar-refractivity contribution is 0.513. The van der Waals surface area contributed by atoms with E-state index in [0.717, 1.165) is 18.2 Å². The maximum Gasteiger partial charge on any atom is 0.246 e. The van der Waals surface area contributed by atoms with Crippen molar-refractivity contribution in [1.29, 1.82) is 0 Å². The highest BCUT2D eigenvalue weighted by atomic mass is 32.2. The van der Waals surface area contributed by atoms with Crippen molar-refractivity contribution in [2.24, 2.45) is 0 Å².